The summed E-state index contributed by atoms with van der Waals surface area (Å²) in [5.74, 6) is 0.477. The molecule has 0 aliphatic rings. The molecule has 0 atom stereocenters. The van der Waals surface area contributed by atoms with Gasteiger partial charge in [0.05, 0.1) is 4.90 Å². The highest BCUT2D eigenvalue weighted by Gasteiger charge is 2.17. The SMILES string of the molecule is CC(C)NS(=O)(=O)c1cccc(C(=O)NCc2ccc(COc3ccccc3)cc2)c1. The molecule has 7 heteroatoms. The maximum Gasteiger partial charge on any atom is 0.251 e. The van der Waals surface area contributed by atoms with Crippen molar-refractivity contribution < 1.29 is 17.9 Å². The van der Waals surface area contributed by atoms with E-state index in [1.54, 1.807) is 26.0 Å². The number of para-hydroxylation sites is 1. The Morgan fingerprint density at radius 1 is 0.903 bits per heavy atom. The van der Waals surface area contributed by atoms with Crippen molar-refractivity contribution in [2.75, 3.05) is 0 Å². The largest absolute Gasteiger partial charge is 0.489 e. The summed E-state index contributed by atoms with van der Waals surface area (Å²) in [6.45, 7) is 4.28. The lowest BCUT2D eigenvalue weighted by atomic mass is 10.1. The van der Waals surface area contributed by atoms with E-state index in [2.05, 4.69) is 10.0 Å². The number of hydrogen-bond acceptors (Lipinski definition) is 4. The third-order valence-electron chi connectivity index (χ3n) is 4.42. The van der Waals surface area contributed by atoms with E-state index in [0.717, 1.165) is 16.9 Å². The molecule has 0 aromatic heterocycles. The number of sulfonamides is 1. The van der Waals surface area contributed by atoms with E-state index in [4.69, 9.17) is 4.74 Å². The van der Waals surface area contributed by atoms with Crippen LogP contribution < -0.4 is 14.8 Å². The molecule has 2 N–H and O–H groups in total. The lowest BCUT2D eigenvalue weighted by Crippen LogP contribution is -2.30. The highest BCUT2D eigenvalue weighted by molar-refractivity contribution is 7.89. The lowest BCUT2D eigenvalue weighted by molar-refractivity contribution is 0.0950. The Hall–Kier alpha value is -3.16. The topological polar surface area (TPSA) is 84.5 Å². The molecule has 3 rings (SSSR count). The zero-order chi connectivity index (χ0) is 22.3. The van der Waals surface area contributed by atoms with Crippen LogP contribution in [0.25, 0.3) is 0 Å². The molecule has 0 aliphatic heterocycles. The average molecular weight is 439 g/mol. The number of hydrogen-bond donors (Lipinski definition) is 2. The molecule has 0 radical (unpaired) electrons. The summed E-state index contributed by atoms with van der Waals surface area (Å²) in [6, 6.07) is 23.1. The van der Waals surface area contributed by atoms with E-state index in [1.807, 2.05) is 54.6 Å². The van der Waals surface area contributed by atoms with Crippen molar-refractivity contribution in [2.45, 2.75) is 37.9 Å². The molecule has 0 unspecified atom stereocenters. The predicted octanol–water partition coefficient (Wildman–Crippen LogP) is 3.88. The molecule has 0 bridgehead atoms. The fraction of sp³-hybridized carbons (Fsp3) is 0.208. The zero-order valence-corrected chi connectivity index (χ0v) is 18.4. The van der Waals surface area contributed by atoms with Crippen LogP contribution in [0.5, 0.6) is 5.75 Å². The molecule has 3 aromatic rings. The highest BCUT2D eigenvalue weighted by Crippen LogP contribution is 2.14. The van der Waals surface area contributed by atoms with Crippen LogP contribution in [0.2, 0.25) is 0 Å². The fourth-order valence-electron chi connectivity index (χ4n) is 2.90. The highest BCUT2D eigenvalue weighted by atomic mass is 32.2. The van der Waals surface area contributed by atoms with Crippen molar-refractivity contribution in [1.29, 1.82) is 0 Å². The van der Waals surface area contributed by atoms with Crippen LogP contribution in [-0.2, 0) is 23.2 Å². The second-order valence-electron chi connectivity index (χ2n) is 7.40. The number of rotatable bonds is 9. The van der Waals surface area contributed by atoms with Gasteiger partial charge in [-0.1, -0.05) is 48.5 Å². The fourth-order valence-corrected chi connectivity index (χ4v) is 4.20. The monoisotopic (exact) mass is 438 g/mol. The minimum Gasteiger partial charge on any atom is -0.489 e. The van der Waals surface area contributed by atoms with Crippen LogP contribution in [-0.4, -0.2) is 20.4 Å². The standard InChI is InChI=1S/C24H26N2O4S/c1-18(2)26-31(28,29)23-10-6-7-21(15-23)24(27)25-16-19-11-13-20(14-12-19)17-30-22-8-4-3-5-9-22/h3-15,18,26H,16-17H2,1-2H3,(H,25,27). The lowest BCUT2D eigenvalue weighted by Gasteiger charge is -2.11. The Labute approximate surface area is 183 Å². The number of carbonyl (C=O) groups excluding carboxylic acids is 1. The second-order valence-corrected chi connectivity index (χ2v) is 9.12. The molecule has 0 saturated carbocycles. The van der Waals surface area contributed by atoms with Gasteiger partial charge in [0, 0.05) is 18.2 Å². The van der Waals surface area contributed by atoms with Crippen LogP contribution in [0.15, 0.2) is 83.8 Å². The molecule has 0 heterocycles. The van der Waals surface area contributed by atoms with Crippen molar-refractivity contribution in [2.24, 2.45) is 0 Å². The first-order valence-corrected chi connectivity index (χ1v) is 11.5. The molecule has 1 amide bonds. The maximum absolute atomic E-state index is 12.5. The summed E-state index contributed by atoms with van der Waals surface area (Å²) < 4.78 is 32.9. The van der Waals surface area contributed by atoms with Gasteiger partial charge in [0.25, 0.3) is 5.91 Å². The van der Waals surface area contributed by atoms with E-state index in [-0.39, 0.29) is 16.8 Å². The minimum atomic E-state index is -3.65. The van der Waals surface area contributed by atoms with E-state index >= 15 is 0 Å². The van der Waals surface area contributed by atoms with Crippen LogP contribution in [0.3, 0.4) is 0 Å². The number of ether oxygens (including phenoxy) is 1. The number of carbonyl (C=O) groups is 1. The van der Waals surface area contributed by atoms with Crippen LogP contribution in [0.1, 0.15) is 35.3 Å². The van der Waals surface area contributed by atoms with Gasteiger partial charge in [-0.15, -0.1) is 0 Å². The van der Waals surface area contributed by atoms with Gasteiger partial charge in [0.1, 0.15) is 12.4 Å². The van der Waals surface area contributed by atoms with E-state index in [0.29, 0.717) is 18.7 Å². The van der Waals surface area contributed by atoms with Gasteiger partial charge in [-0.3, -0.25) is 4.79 Å². The van der Waals surface area contributed by atoms with Gasteiger partial charge >= 0.3 is 0 Å². The van der Waals surface area contributed by atoms with Crippen molar-refractivity contribution >= 4 is 15.9 Å². The Morgan fingerprint density at radius 3 is 2.26 bits per heavy atom. The first kappa shape index (κ1) is 22.5. The van der Waals surface area contributed by atoms with Crippen LogP contribution in [0.4, 0.5) is 0 Å². The summed E-state index contributed by atoms with van der Waals surface area (Å²) in [4.78, 5) is 12.6. The molecule has 3 aromatic carbocycles. The Kier molecular flexibility index (Phi) is 7.44. The smallest absolute Gasteiger partial charge is 0.251 e. The molecule has 31 heavy (non-hydrogen) atoms. The number of benzene rings is 3. The van der Waals surface area contributed by atoms with Gasteiger partial charge in [-0.05, 0) is 55.3 Å². The molecule has 0 fully saturated rings. The molecular weight excluding hydrogens is 412 g/mol. The van der Waals surface area contributed by atoms with Gasteiger partial charge in [0.15, 0.2) is 0 Å². The molecule has 0 spiro atoms. The molecule has 0 saturated heterocycles. The molecular formula is C24H26N2O4S. The second kappa shape index (κ2) is 10.2. The van der Waals surface area contributed by atoms with Crippen molar-refractivity contribution in [3.63, 3.8) is 0 Å². The van der Waals surface area contributed by atoms with Crippen molar-refractivity contribution in [3.8, 4) is 5.75 Å². The first-order chi connectivity index (χ1) is 14.8. The predicted molar refractivity (Wildman–Crippen MR) is 120 cm³/mol. The molecule has 162 valence electrons. The summed E-state index contributed by atoms with van der Waals surface area (Å²) in [6.07, 6.45) is 0. The number of amides is 1. The van der Waals surface area contributed by atoms with E-state index in [1.165, 1.54) is 12.1 Å². The van der Waals surface area contributed by atoms with E-state index < -0.39 is 10.0 Å². The van der Waals surface area contributed by atoms with Gasteiger partial charge in [0.2, 0.25) is 10.0 Å². The van der Waals surface area contributed by atoms with Crippen LogP contribution >= 0.6 is 0 Å². The summed E-state index contributed by atoms with van der Waals surface area (Å²) in [5, 5.41) is 2.83. The zero-order valence-electron chi connectivity index (χ0n) is 17.5. The maximum atomic E-state index is 12.5. The molecule has 0 aliphatic carbocycles. The summed E-state index contributed by atoms with van der Waals surface area (Å²) in [7, 11) is -3.65. The summed E-state index contributed by atoms with van der Waals surface area (Å²) in [5.41, 5.74) is 2.25. The average Bonchev–Trinajstić information content (AvgIpc) is 2.77. The number of nitrogens with one attached hydrogen (secondary N) is 2. The normalized spacial score (nSPS) is 11.3. The Bertz CT molecular complexity index is 1110. The minimum absolute atomic E-state index is 0.0663. The van der Waals surface area contributed by atoms with Crippen LogP contribution in [0, 0.1) is 0 Å². The Morgan fingerprint density at radius 2 is 1.58 bits per heavy atom. The van der Waals surface area contributed by atoms with Crippen molar-refractivity contribution in [1.82, 2.24) is 10.0 Å². The van der Waals surface area contributed by atoms with Gasteiger partial charge in [-0.25, -0.2) is 13.1 Å². The first-order valence-electron chi connectivity index (χ1n) is 10.00. The van der Waals surface area contributed by atoms with E-state index in [9.17, 15) is 13.2 Å². The van der Waals surface area contributed by atoms with Crippen molar-refractivity contribution in [3.05, 3.63) is 95.6 Å². The third-order valence-corrected chi connectivity index (χ3v) is 6.08. The van der Waals surface area contributed by atoms with Gasteiger partial charge in [-0.2, -0.15) is 0 Å². The summed E-state index contributed by atoms with van der Waals surface area (Å²) >= 11 is 0. The van der Waals surface area contributed by atoms with Gasteiger partial charge < -0.3 is 10.1 Å². The molecule has 6 nitrogen and oxygen atoms in total. The third kappa shape index (κ3) is 6.67. The Balaban J connectivity index is 1.56. The quantitative estimate of drug-likeness (QED) is 0.531.